The molecular weight excluding hydrogens is 248 g/mol. The zero-order valence-corrected chi connectivity index (χ0v) is 11.0. The van der Waals surface area contributed by atoms with Crippen LogP contribution in [0, 0.1) is 6.92 Å². The van der Waals surface area contributed by atoms with E-state index in [2.05, 4.69) is 5.32 Å². The van der Waals surface area contributed by atoms with Crippen LogP contribution >= 0.6 is 0 Å². The van der Waals surface area contributed by atoms with Crippen molar-refractivity contribution in [2.24, 2.45) is 5.73 Å². The molecule has 0 aliphatic carbocycles. The molecule has 6 heteroatoms. The molecule has 0 fully saturated rings. The van der Waals surface area contributed by atoms with E-state index in [4.69, 9.17) is 15.6 Å². The molecule has 0 bridgehead atoms. The summed E-state index contributed by atoms with van der Waals surface area (Å²) in [4.78, 5) is 22.6. The number of benzene rings is 1. The number of ether oxygens (including phenoxy) is 1. The topological polar surface area (TPSA) is 102 Å². The highest BCUT2D eigenvalue weighted by Gasteiger charge is 2.14. The zero-order valence-electron chi connectivity index (χ0n) is 11.0. The summed E-state index contributed by atoms with van der Waals surface area (Å²) in [7, 11) is 1.54. The van der Waals surface area contributed by atoms with Gasteiger partial charge in [0.05, 0.1) is 11.6 Å². The highest BCUT2D eigenvalue weighted by Crippen LogP contribution is 2.17. The molecule has 0 saturated carbocycles. The number of amides is 1. The molecule has 0 heterocycles. The number of rotatable bonds is 6. The lowest BCUT2D eigenvalue weighted by molar-refractivity contribution is -0.117. The predicted octanol–water partition coefficient (Wildman–Crippen LogP) is 0.996. The van der Waals surface area contributed by atoms with E-state index in [1.165, 1.54) is 12.1 Å². The van der Waals surface area contributed by atoms with Gasteiger partial charge in [0.15, 0.2) is 0 Å². The summed E-state index contributed by atoms with van der Waals surface area (Å²) in [5.74, 6) is -1.32. The normalized spacial score (nSPS) is 11.9. The minimum Gasteiger partial charge on any atom is -0.478 e. The fraction of sp³-hybridized carbons (Fsp3) is 0.385. The van der Waals surface area contributed by atoms with Gasteiger partial charge in [0.25, 0.3) is 0 Å². The molecule has 0 spiro atoms. The molecule has 0 aliphatic heterocycles. The molecule has 6 nitrogen and oxygen atoms in total. The number of carbonyl (C=O) groups excluding carboxylic acids is 1. The molecule has 4 N–H and O–H groups in total. The Morgan fingerprint density at radius 3 is 2.68 bits per heavy atom. The van der Waals surface area contributed by atoms with E-state index in [1.54, 1.807) is 20.1 Å². The number of carboxylic acid groups (broad SMARTS) is 1. The molecule has 1 rings (SSSR count). The number of aryl methyl sites for hydroxylation is 1. The summed E-state index contributed by atoms with van der Waals surface area (Å²) in [5.41, 5.74) is 7.10. The summed E-state index contributed by atoms with van der Waals surface area (Å²) >= 11 is 0. The molecule has 0 radical (unpaired) electrons. The standard InChI is InChI=1S/C13H18N2O4/c1-8-7-9(13(17)18)3-4-11(8)15-12(16)10(14)5-6-19-2/h3-4,7,10H,5-6,14H2,1-2H3,(H,15,16)(H,17,18). The second-order valence-corrected chi connectivity index (χ2v) is 4.21. The van der Waals surface area contributed by atoms with Gasteiger partial charge in [-0.2, -0.15) is 0 Å². The summed E-state index contributed by atoms with van der Waals surface area (Å²) in [5, 5.41) is 11.5. The first kappa shape index (κ1) is 15.1. The SMILES string of the molecule is COCCC(N)C(=O)Nc1ccc(C(=O)O)cc1C. The fourth-order valence-corrected chi connectivity index (χ4v) is 1.54. The van der Waals surface area contributed by atoms with Crippen molar-refractivity contribution in [1.29, 1.82) is 0 Å². The van der Waals surface area contributed by atoms with E-state index in [0.717, 1.165) is 0 Å². The van der Waals surface area contributed by atoms with Gasteiger partial charge in [-0.15, -0.1) is 0 Å². The number of nitrogens with one attached hydrogen (secondary N) is 1. The number of hydrogen-bond acceptors (Lipinski definition) is 4. The average molecular weight is 266 g/mol. The Labute approximate surface area is 111 Å². The summed E-state index contributed by atoms with van der Waals surface area (Å²) in [6.07, 6.45) is 0.425. The van der Waals surface area contributed by atoms with E-state index < -0.39 is 12.0 Å². The number of hydrogen-bond donors (Lipinski definition) is 3. The number of carboxylic acids is 1. The van der Waals surface area contributed by atoms with E-state index in [-0.39, 0.29) is 11.5 Å². The third-order valence-corrected chi connectivity index (χ3v) is 2.70. The Morgan fingerprint density at radius 1 is 1.47 bits per heavy atom. The predicted molar refractivity (Wildman–Crippen MR) is 71.2 cm³/mol. The Bertz CT molecular complexity index is 474. The van der Waals surface area contributed by atoms with Gasteiger partial charge in [-0.1, -0.05) is 0 Å². The van der Waals surface area contributed by atoms with Gasteiger partial charge in [-0.25, -0.2) is 4.79 Å². The first-order valence-electron chi connectivity index (χ1n) is 5.85. The van der Waals surface area contributed by atoms with Crippen molar-refractivity contribution in [3.8, 4) is 0 Å². The smallest absolute Gasteiger partial charge is 0.335 e. The number of nitrogens with two attached hydrogens (primary N) is 1. The first-order valence-corrected chi connectivity index (χ1v) is 5.85. The lowest BCUT2D eigenvalue weighted by Gasteiger charge is -2.13. The molecule has 1 aromatic rings. The van der Waals surface area contributed by atoms with Crippen LogP contribution in [0.15, 0.2) is 18.2 Å². The van der Waals surface area contributed by atoms with E-state index in [0.29, 0.717) is 24.3 Å². The maximum atomic E-state index is 11.8. The maximum absolute atomic E-state index is 11.8. The highest BCUT2D eigenvalue weighted by atomic mass is 16.5. The van der Waals surface area contributed by atoms with E-state index >= 15 is 0 Å². The van der Waals surface area contributed by atoms with Crippen LogP contribution in [0.25, 0.3) is 0 Å². The summed E-state index contributed by atoms with van der Waals surface area (Å²) in [6, 6.07) is 3.84. The van der Waals surface area contributed by atoms with Gasteiger partial charge in [0.2, 0.25) is 5.91 Å². The largest absolute Gasteiger partial charge is 0.478 e. The van der Waals surface area contributed by atoms with Gasteiger partial charge in [-0.05, 0) is 37.1 Å². The minimum atomic E-state index is -1.00. The molecule has 0 aliphatic rings. The third-order valence-electron chi connectivity index (χ3n) is 2.70. The fourth-order valence-electron chi connectivity index (χ4n) is 1.54. The van der Waals surface area contributed by atoms with Gasteiger partial charge >= 0.3 is 5.97 Å². The number of methoxy groups -OCH3 is 1. The van der Waals surface area contributed by atoms with Crippen LogP contribution in [0.1, 0.15) is 22.3 Å². The second-order valence-electron chi connectivity index (χ2n) is 4.21. The van der Waals surface area contributed by atoms with Crippen molar-refractivity contribution in [2.75, 3.05) is 19.0 Å². The van der Waals surface area contributed by atoms with Crippen molar-refractivity contribution in [3.05, 3.63) is 29.3 Å². The van der Waals surface area contributed by atoms with Crippen LogP contribution in [-0.4, -0.2) is 36.7 Å². The Morgan fingerprint density at radius 2 is 2.16 bits per heavy atom. The van der Waals surface area contributed by atoms with Crippen LogP contribution in [0.2, 0.25) is 0 Å². The number of anilines is 1. The molecule has 0 saturated heterocycles. The molecule has 1 atom stereocenters. The summed E-state index contributed by atoms with van der Waals surface area (Å²) in [6.45, 7) is 2.13. The molecule has 19 heavy (non-hydrogen) atoms. The third kappa shape index (κ3) is 4.35. The zero-order chi connectivity index (χ0) is 14.4. The summed E-state index contributed by atoms with van der Waals surface area (Å²) < 4.78 is 4.85. The average Bonchev–Trinajstić information content (AvgIpc) is 2.37. The highest BCUT2D eigenvalue weighted by molar-refractivity contribution is 5.96. The quantitative estimate of drug-likeness (QED) is 0.712. The van der Waals surface area contributed by atoms with Gasteiger partial charge in [0.1, 0.15) is 0 Å². The van der Waals surface area contributed by atoms with Crippen LogP contribution < -0.4 is 11.1 Å². The molecule has 1 aromatic carbocycles. The van der Waals surface area contributed by atoms with Crippen LogP contribution in [0.5, 0.6) is 0 Å². The number of carbonyl (C=O) groups is 2. The molecule has 0 aromatic heterocycles. The second kappa shape index (κ2) is 6.86. The Kier molecular flexibility index (Phi) is 5.47. The van der Waals surface area contributed by atoms with Gasteiger partial charge < -0.3 is 20.9 Å². The monoisotopic (exact) mass is 266 g/mol. The number of aromatic carboxylic acids is 1. The van der Waals surface area contributed by atoms with Crippen molar-refractivity contribution >= 4 is 17.6 Å². The van der Waals surface area contributed by atoms with E-state index in [9.17, 15) is 9.59 Å². The van der Waals surface area contributed by atoms with Crippen molar-refractivity contribution in [2.45, 2.75) is 19.4 Å². The lowest BCUT2D eigenvalue weighted by atomic mass is 10.1. The minimum absolute atomic E-state index is 0.180. The van der Waals surface area contributed by atoms with Crippen molar-refractivity contribution in [1.82, 2.24) is 0 Å². The first-order chi connectivity index (χ1) is 8.95. The molecular formula is C13H18N2O4. The molecule has 1 unspecified atom stereocenters. The molecule has 1 amide bonds. The Hall–Kier alpha value is -1.92. The van der Waals surface area contributed by atoms with Crippen molar-refractivity contribution < 1.29 is 19.4 Å². The van der Waals surface area contributed by atoms with Crippen LogP contribution in [0.4, 0.5) is 5.69 Å². The van der Waals surface area contributed by atoms with Crippen LogP contribution in [0.3, 0.4) is 0 Å². The van der Waals surface area contributed by atoms with Crippen molar-refractivity contribution in [3.63, 3.8) is 0 Å². The Balaban J connectivity index is 2.72. The van der Waals surface area contributed by atoms with E-state index in [1.807, 2.05) is 0 Å². The molecule has 104 valence electrons. The van der Waals surface area contributed by atoms with Crippen LogP contribution in [-0.2, 0) is 9.53 Å². The lowest BCUT2D eigenvalue weighted by Crippen LogP contribution is -2.36. The maximum Gasteiger partial charge on any atom is 0.335 e. The van der Waals surface area contributed by atoms with Gasteiger partial charge in [0, 0.05) is 19.4 Å². The van der Waals surface area contributed by atoms with Gasteiger partial charge in [-0.3, -0.25) is 4.79 Å².